The van der Waals surface area contributed by atoms with Gasteiger partial charge in [-0.25, -0.2) is 28.8 Å². The van der Waals surface area contributed by atoms with Gasteiger partial charge in [-0.05, 0) is 13.8 Å². The van der Waals surface area contributed by atoms with Gasteiger partial charge >= 0.3 is 35.8 Å². The zero-order chi connectivity index (χ0) is 28.9. The SMILES string of the molecule is C/C=C\C(=O)O.C=C(C)C(=O)O.C=CC(=O)O.O=C(O)C(O)CO.O=C(O)CO.O=CC(=O)O. The number of aliphatic carboxylic acids is 6. The Morgan fingerprint density at radius 1 is 0.853 bits per heavy atom. The second-order valence-corrected chi connectivity index (χ2v) is 4.51. The fourth-order valence-electron chi connectivity index (χ4n) is 0.221. The zero-order valence-corrected chi connectivity index (χ0v) is 18.1. The molecule has 0 aromatic carbocycles. The molecule has 0 bridgehead atoms. The van der Waals surface area contributed by atoms with Crippen LogP contribution in [-0.4, -0.2) is 107 Å². The normalized spacial score (nSPS) is 8.74. The number of carbonyl (C=O) groups is 7. The monoisotopic (exact) mass is 500 g/mol. The quantitative estimate of drug-likeness (QED) is 0.107. The van der Waals surface area contributed by atoms with Crippen LogP contribution in [0.15, 0.2) is 37.0 Å². The number of hydrogen-bond acceptors (Lipinski definition) is 10. The van der Waals surface area contributed by atoms with Crippen molar-refractivity contribution >= 4 is 42.1 Å². The molecule has 0 radical (unpaired) electrons. The van der Waals surface area contributed by atoms with E-state index in [2.05, 4.69) is 13.2 Å². The Bertz CT molecular complexity index is 647. The van der Waals surface area contributed by atoms with E-state index in [0.717, 1.165) is 12.2 Å². The minimum absolute atomic E-state index is 0.167. The van der Waals surface area contributed by atoms with Crippen molar-refractivity contribution in [3.05, 3.63) is 37.0 Å². The molecule has 196 valence electrons. The first-order valence-electron chi connectivity index (χ1n) is 8.03. The molecule has 0 aliphatic carbocycles. The van der Waals surface area contributed by atoms with Gasteiger partial charge in [-0.1, -0.05) is 19.2 Å². The summed E-state index contributed by atoms with van der Waals surface area (Å²) in [5.74, 6) is -6.82. The van der Waals surface area contributed by atoms with Gasteiger partial charge in [-0.3, -0.25) is 4.79 Å². The lowest BCUT2D eigenvalue weighted by atomic mass is 10.4. The van der Waals surface area contributed by atoms with E-state index in [0.29, 0.717) is 0 Å². The Balaban J connectivity index is -0.0000000695. The lowest BCUT2D eigenvalue weighted by Gasteiger charge is -1.95. The van der Waals surface area contributed by atoms with Crippen molar-refractivity contribution in [3.8, 4) is 0 Å². The van der Waals surface area contributed by atoms with Gasteiger partial charge in [0.05, 0.1) is 6.61 Å². The Hall–Kier alpha value is -4.41. The van der Waals surface area contributed by atoms with Crippen molar-refractivity contribution in [3.63, 3.8) is 0 Å². The Labute approximate surface area is 192 Å². The van der Waals surface area contributed by atoms with Crippen molar-refractivity contribution in [2.45, 2.75) is 20.0 Å². The van der Waals surface area contributed by atoms with E-state index in [1.54, 1.807) is 6.92 Å². The third kappa shape index (κ3) is 91.6. The number of allylic oxidation sites excluding steroid dienone is 1. The van der Waals surface area contributed by atoms with E-state index in [1.165, 1.54) is 13.0 Å². The summed E-state index contributed by atoms with van der Waals surface area (Å²) in [5.41, 5.74) is 0.176. The minimum Gasteiger partial charge on any atom is -0.480 e. The number of rotatable bonds is 7. The topological polar surface area (TPSA) is 302 Å². The summed E-state index contributed by atoms with van der Waals surface area (Å²) < 4.78 is 0. The van der Waals surface area contributed by atoms with Crippen molar-refractivity contribution < 1.29 is 79.5 Å². The number of hydrogen-bond donors (Lipinski definition) is 9. The van der Waals surface area contributed by atoms with Gasteiger partial charge < -0.3 is 46.0 Å². The van der Waals surface area contributed by atoms with E-state index < -0.39 is 55.1 Å². The van der Waals surface area contributed by atoms with Crippen LogP contribution in [-0.2, 0) is 33.6 Å². The Kier molecular flexibility index (Phi) is 42.5. The number of carboxylic acid groups (broad SMARTS) is 6. The van der Waals surface area contributed by atoms with Gasteiger partial charge in [-0.2, -0.15) is 0 Å². The second kappa shape index (κ2) is 33.2. The van der Waals surface area contributed by atoms with E-state index in [9.17, 15) is 19.2 Å². The molecule has 16 nitrogen and oxygen atoms in total. The van der Waals surface area contributed by atoms with Crippen LogP contribution in [0.5, 0.6) is 0 Å². The second-order valence-electron chi connectivity index (χ2n) is 4.51. The van der Waals surface area contributed by atoms with Crippen molar-refractivity contribution in [1.82, 2.24) is 0 Å². The molecule has 0 saturated carbocycles. The molecule has 0 amide bonds. The lowest BCUT2D eigenvalue weighted by Crippen LogP contribution is -2.22. The van der Waals surface area contributed by atoms with E-state index in [-0.39, 0.29) is 11.9 Å². The minimum atomic E-state index is -1.63. The molecule has 16 heteroatoms. The summed E-state index contributed by atoms with van der Waals surface area (Å²) in [5, 5.41) is 69.4. The van der Waals surface area contributed by atoms with Crippen LogP contribution in [0.1, 0.15) is 13.8 Å². The molecule has 0 aliphatic heterocycles. The first-order valence-corrected chi connectivity index (χ1v) is 8.03. The van der Waals surface area contributed by atoms with Gasteiger partial charge in [-0.15, -0.1) is 0 Å². The predicted octanol–water partition coefficient (Wildman–Crippen LogP) is -1.69. The number of aliphatic hydroxyl groups excluding tert-OH is 3. The maximum atomic E-state index is 9.60. The summed E-state index contributed by atoms with van der Waals surface area (Å²) in [6.07, 6.45) is 1.60. The molecular formula is C18H28O16. The van der Waals surface area contributed by atoms with Gasteiger partial charge in [0.2, 0.25) is 6.29 Å². The molecule has 0 aromatic rings. The summed E-state index contributed by atoms with van der Waals surface area (Å²) in [6, 6.07) is 0. The lowest BCUT2D eigenvalue weighted by molar-refractivity contribution is -0.148. The van der Waals surface area contributed by atoms with Crippen LogP contribution in [0.2, 0.25) is 0 Å². The molecule has 0 aromatic heterocycles. The van der Waals surface area contributed by atoms with Crippen molar-refractivity contribution in [2.75, 3.05) is 13.2 Å². The zero-order valence-electron chi connectivity index (χ0n) is 18.1. The van der Waals surface area contributed by atoms with Crippen LogP contribution in [0.3, 0.4) is 0 Å². The number of aldehydes is 1. The molecular weight excluding hydrogens is 472 g/mol. The van der Waals surface area contributed by atoms with Crippen LogP contribution in [0, 0.1) is 0 Å². The maximum absolute atomic E-state index is 9.60. The first-order chi connectivity index (χ1) is 15.4. The van der Waals surface area contributed by atoms with Crippen LogP contribution in [0.25, 0.3) is 0 Å². The smallest absolute Gasteiger partial charge is 0.368 e. The Morgan fingerprint density at radius 3 is 1.15 bits per heavy atom. The summed E-state index contributed by atoms with van der Waals surface area (Å²) >= 11 is 0. The number of carbonyl (C=O) groups excluding carboxylic acids is 1. The van der Waals surface area contributed by atoms with Crippen LogP contribution >= 0.6 is 0 Å². The highest BCUT2D eigenvalue weighted by atomic mass is 16.4. The standard InChI is InChI=1S/2C4H6O2.C3H6O4.C3H4O2.C2H4O3.C2H2O3/c1-3(2)4(5)6;1-2-3-4(5)6;4-1-2(5)3(6)7;1-2-3(4)5;2*3-1-2(4)5/h1H2,2H3,(H,5,6);2-3H,1H3,(H,5,6);2,4-5H,1H2,(H,6,7);2H,1H2,(H,4,5);3H,1H2,(H,4,5);1H,(H,4,5)/b;3-2-;;;;. The Morgan fingerprint density at radius 2 is 1.15 bits per heavy atom. The van der Waals surface area contributed by atoms with Crippen LogP contribution < -0.4 is 0 Å². The molecule has 1 unspecified atom stereocenters. The van der Waals surface area contributed by atoms with E-state index >= 15 is 0 Å². The van der Waals surface area contributed by atoms with Gasteiger partial charge in [0.1, 0.15) is 6.61 Å². The summed E-state index contributed by atoms with van der Waals surface area (Å²) in [4.78, 5) is 64.9. The average Bonchev–Trinajstić information content (AvgIpc) is 2.74. The van der Waals surface area contributed by atoms with Gasteiger partial charge in [0.25, 0.3) is 0 Å². The third-order valence-electron chi connectivity index (χ3n) is 1.54. The highest BCUT2D eigenvalue weighted by molar-refractivity contribution is 6.19. The fourth-order valence-corrected chi connectivity index (χ4v) is 0.221. The number of carboxylic acids is 6. The molecule has 34 heavy (non-hydrogen) atoms. The highest BCUT2D eigenvalue weighted by Crippen LogP contribution is 1.81. The first kappa shape index (κ1) is 43.5. The van der Waals surface area contributed by atoms with Crippen molar-refractivity contribution in [1.29, 1.82) is 0 Å². The highest BCUT2D eigenvalue weighted by Gasteiger charge is 2.08. The summed E-state index contributed by atoms with van der Waals surface area (Å²) in [6.45, 7) is 7.72. The van der Waals surface area contributed by atoms with Crippen LogP contribution in [0.4, 0.5) is 0 Å². The molecule has 0 fully saturated rings. The fraction of sp³-hybridized carbons (Fsp3) is 0.278. The van der Waals surface area contributed by atoms with Gasteiger partial charge in [0, 0.05) is 17.7 Å². The maximum Gasteiger partial charge on any atom is 0.368 e. The molecule has 0 spiro atoms. The predicted molar refractivity (Wildman–Crippen MR) is 112 cm³/mol. The molecule has 0 rings (SSSR count). The van der Waals surface area contributed by atoms with Crippen molar-refractivity contribution in [2.24, 2.45) is 0 Å². The molecule has 9 N–H and O–H groups in total. The largest absolute Gasteiger partial charge is 0.480 e. The molecule has 1 atom stereocenters. The van der Waals surface area contributed by atoms with Gasteiger partial charge in [0.15, 0.2) is 6.10 Å². The molecule has 0 saturated heterocycles. The molecule has 0 aliphatic rings. The summed E-state index contributed by atoms with van der Waals surface area (Å²) in [7, 11) is 0. The molecule has 0 heterocycles. The van der Waals surface area contributed by atoms with E-state index in [4.69, 9.17) is 60.3 Å². The average molecular weight is 500 g/mol. The third-order valence-corrected chi connectivity index (χ3v) is 1.54. The number of aliphatic hydroxyl groups is 3. The van der Waals surface area contributed by atoms with E-state index in [1.807, 2.05) is 0 Å².